The van der Waals surface area contributed by atoms with Gasteiger partial charge < -0.3 is 9.53 Å². The Hall–Kier alpha value is -1.68. The average Bonchev–Trinajstić information content (AvgIpc) is 2.63. The van der Waals surface area contributed by atoms with Crippen LogP contribution in [-0.4, -0.2) is 26.1 Å². The van der Waals surface area contributed by atoms with E-state index in [-0.39, 0.29) is 17.1 Å². The molecule has 0 aliphatic rings. The zero-order valence-corrected chi connectivity index (χ0v) is 18.2. The Kier molecular flexibility index (Phi) is 7.60. The van der Waals surface area contributed by atoms with Crippen molar-refractivity contribution in [2.24, 2.45) is 5.92 Å². The largest absolute Gasteiger partial charge is 0.407 e. The Morgan fingerprint density at radius 3 is 1.89 bits per heavy atom. The first-order valence-electron chi connectivity index (χ1n) is 9.85. The molecule has 0 bridgehead atoms. The van der Waals surface area contributed by atoms with Crippen LogP contribution in [0.3, 0.4) is 0 Å². The number of benzene rings is 2. The molecule has 2 nitrogen and oxygen atoms in total. The van der Waals surface area contributed by atoms with Gasteiger partial charge in [0.25, 0.3) is 8.32 Å². The van der Waals surface area contributed by atoms with Gasteiger partial charge in [0.2, 0.25) is 0 Å². The molecular weight excluding hydrogens is 348 g/mol. The van der Waals surface area contributed by atoms with E-state index in [0.717, 1.165) is 6.42 Å². The second-order valence-electron chi connectivity index (χ2n) is 8.49. The van der Waals surface area contributed by atoms with Crippen molar-refractivity contribution in [1.29, 1.82) is 0 Å². The molecule has 27 heavy (non-hydrogen) atoms. The molecule has 0 spiro atoms. The summed E-state index contributed by atoms with van der Waals surface area (Å²) in [4.78, 5) is 0. The standard InChI is InChI=1S/C24H34O2Si/c1-6-13-21(25)18-20(2)19-26-27(24(3,4)5,22-14-9-7-10-15-22)23-16-11-8-12-17-23/h6-12,14-17,20-21,25H,1,13,18-19H2,2-5H3/t20-,21-/m0/s1. The fraction of sp³-hybridized carbons (Fsp3) is 0.417. The smallest absolute Gasteiger partial charge is 0.261 e. The van der Waals surface area contributed by atoms with Crippen molar-refractivity contribution in [2.75, 3.05) is 6.61 Å². The van der Waals surface area contributed by atoms with E-state index in [2.05, 4.69) is 94.9 Å². The first kappa shape index (κ1) is 21.6. The van der Waals surface area contributed by atoms with E-state index in [1.165, 1.54) is 10.4 Å². The molecule has 0 radical (unpaired) electrons. The maximum absolute atomic E-state index is 10.1. The van der Waals surface area contributed by atoms with Crippen molar-refractivity contribution < 1.29 is 9.53 Å². The molecule has 2 atom stereocenters. The summed E-state index contributed by atoms with van der Waals surface area (Å²) in [5.41, 5.74) is 0. The minimum Gasteiger partial charge on any atom is -0.407 e. The summed E-state index contributed by atoms with van der Waals surface area (Å²) in [5.74, 6) is 0.279. The van der Waals surface area contributed by atoms with E-state index >= 15 is 0 Å². The van der Waals surface area contributed by atoms with Crippen LogP contribution < -0.4 is 10.4 Å². The van der Waals surface area contributed by atoms with Gasteiger partial charge in [0.1, 0.15) is 0 Å². The summed E-state index contributed by atoms with van der Waals surface area (Å²) in [7, 11) is -2.48. The van der Waals surface area contributed by atoms with E-state index in [0.29, 0.717) is 13.0 Å². The molecule has 0 heterocycles. The minimum absolute atomic E-state index is 0.0187. The topological polar surface area (TPSA) is 29.5 Å². The molecule has 1 N–H and O–H groups in total. The summed E-state index contributed by atoms with van der Waals surface area (Å²) in [6.07, 6.45) is 2.79. The molecule has 0 saturated carbocycles. The first-order valence-corrected chi connectivity index (χ1v) is 11.8. The lowest BCUT2D eigenvalue weighted by molar-refractivity contribution is 0.127. The number of hydrogen-bond acceptors (Lipinski definition) is 2. The second-order valence-corrected chi connectivity index (χ2v) is 12.8. The van der Waals surface area contributed by atoms with Gasteiger partial charge in [-0.1, -0.05) is 94.4 Å². The third-order valence-corrected chi connectivity index (χ3v) is 10.1. The molecule has 0 fully saturated rings. The molecule has 2 aromatic carbocycles. The Labute approximate surface area is 166 Å². The maximum Gasteiger partial charge on any atom is 0.261 e. The molecule has 0 unspecified atom stereocenters. The Bertz CT molecular complexity index is 652. The van der Waals surface area contributed by atoms with Crippen molar-refractivity contribution in [1.82, 2.24) is 0 Å². The van der Waals surface area contributed by atoms with Crippen molar-refractivity contribution >= 4 is 18.7 Å². The summed E-state index contributed by atoms with van der Waals surface area (Å²) < 4.78 is 6.91. The molecule has 0 aliphatic heterocycles. The Balaban J connectivity index is 2.39. The molecule has 2 rings (SSSR count). The van der Waals surface area contributed by atoms with Gasteiger partial charge in [-0.2, -0.15) is 0 Å². The minimum atomic E-state index is -2.48. The molecule has 0 aliphatic carbocycles. The highest BCUT2D eigenvalue weighted by molar-refractivity contribution is 6.99. The Morgan fingerprint density at radius 1 is 1.00 bits per heavy atom. The summed E-state index contributed by atoms with van der Waals surface area (Å²) in [5, 5.41) is 12.7. The van der Waals surface area contributed by atoms with Crippen LogP contribution in [0.1, 0.15) is 40.5 Å². The van der Waals surface area contributed by atoms with Crippen LogP contribution in [0.2, 0.25) is 5.04 Å². The lowest BCUT2D eigenvalue weighted by Crippen LogP contribution is -2.66. The number of aliphatic hydroxyl groups excluding tert-OH is 1. The lowest BCUT2D eigenvalue weighted by atomic mass is 10.0. The number of aliphatic hydroxyl groups is 1. The van der Waals surface area contributed by atoms with Gasteiger partial charge in [-0.05, 0) is 34.2 Å². The van der Waals surface area contributed by atoms with Gasteiger partial charge in [-0.25, -0.2) is 0 Å². The monoisotopic (exact) mass is 382 g/mol. The van der Waals surface area contributed by atoms with Gasteiger partial charge in [-0.3, -0.25) is 0 Å². The molecule has 0 amide bonds. The van der Waals surface area contributed by atoms with Crippen LogP contribution in [0.4, 0.5) is 0 Å². The molecule has 3 heteroatoms. The average molecular weight is 383 g/mol. The van der Waals surface area contributed by atoms with Crippen LogP contribution in [0.15, 0.2) is 73.3 Å². The molecular formula is C24H34O2Si. The number of rotatable bonds is 9. The lowest BCUT2D eigenvalue weighted by Gasteiger charge is -2.43. The predicted molar refractivity (Wildman–Crippen MR) is 118 cm³/mol. The quantitative estimate of drug-likeness (QED) is 0.510. The Morgan fingerprint density at radius 2 is 1.48 bits per heavy atom. The van der Waals surface area contributed by atoms with Crippen LogP contribution in [0.25, 0.3) is 0 Å². The number of hydrogen-bond donors (Lipinski definition) is 1. The van der Waals surface area contributed by atoms with Gasteiger partial charge in [0.05, 0.1) is 6.10 Å². The normalized spacial score (nSPS) is 14.6. The fourth-order valence-electron chi connectivity index (χ4n) is 3.85. The molecule has 146 valence electrons. The van der Waals surface area contributed by atoms with Crippen molar-refractivity contribution in [3.8, 4) is 0 Å². The van der Waals surface area contributed by atoms with E-state index < -0.39 is 8.32 Å². The van der Waals surface area contributed by atoms with Crippen molar-refractivity contribution in [3.63, 3.8) is 0 Å². The highest BCUT2D eigenvalue weighted by Gasteiger charge is 2.50. The third kappa shape index (κ3) is 5.19. The maximum atomic E-state index is 10.1. The highest BCUT2D eigenvalue weighted by Crippen LogP contribution is 2.37. The second kappa shape index (κ2) is 9.49. The van der Waals surface area contributed by atoms with Gasteiger partial charge in [0, 0.05) is 6.61 Å². The van der Waals surface area contributed by atoms with E-state index in [1.54, 1.807) is 6.08 Å². The molecule has 0 saturated heterocycles. The highest BCUT2D eigenvalue weighted by atomic mass is 28.4. The van der Waals surface area contributed by atoms with E-state index in [4.69, 9.17) is 4.43 Å². The van der Waals surface area contributed by atoms with Crippen molar-refractivity contribution in [3.05, 3.63) is 73.3 Å². The molecule has 0 aromatic heterocycles. The van der Waals surface area contributed by atoms with Crippen molar-refractivity contribution in [2.45, 2.75) is 51.7 Å². The zero-order valence-electron chi connectivity index (χ0n) is 17.2. The fourth-order valence-corrected chi connectivity index (χ4v) is 8.54. The van der Waals surface area contributed by atoms with E-state index in [1.807, 2.05) is 0 Å². The van der Waals surface area contributed by atoms with Crippen LogP contribution >= 0.6 is 0 Å². The zero-order chi connectivity index (χ0) is 19.9. The SMILES string of the molecule is C=CC[C@H](O)C[C@H](C)CO[Si](c1ccccc1)(c1ccccc1)C(C)(C)C. The summed E-state index contributed by atoms with van der Waals surface area (Å²) >= 11 is 0. The van der Waals surface area contributed by atoms with Gasteiger partial charge >= 0.3 is 0 Å². The van der Waals surface area contributed by atoms with Crippen LogP contribution in [-0.2, 0) is 4.43 Å². The summed E-state index contributed by atoms with van der Waals surface area (Å²) in [6.45, 7) is 13.4. The first-order chi connectivity index (χ1) is 12.8. The van der Waals surface area contributed by atoms with Gasteiger partial charge in [-0.15, -0.1) is 6.58 Å². The van der Waals surface area contributed by atoms with Crippen LogP contribution in [0.5, 0.6) is 0 Å². The van der Waals surface area contributed by atoms with Crippen LogP contribution in [0, 0.1) is 5.92 Å². The van der Waals surface area contributed by atoms with E-state index in [9.17, 15) is 5.11 Å². The summed E-state index contributed by atoms with van der Waals surface area (Å²) in [6, 6.07) is 21.4. The third-order valence-electron chi connectivity index (χ3n) is 5.11. The molecule has 2 aromatic rings. The van der Waals surface area contributed by atoms with Gasteiger partial charge in [0.15, 0.2) is 0 Å². The predicted octanol–water partition coefficient (Wildman–Crippen LogP) is 4.53.